The van der Waals surface area contributed by atoms with E-state index in [2.05, 4.69) is 17.0 Å². The van der Waals surface area contributed by atoms with Crippen molar-refractivity contribution in [2.24, 2.45) is 0 Å². The average Bonchev–Trinajstić information content (AvgIpc) is 2.68. The number of hydrogen-bond donors (Lipinski definition) is 2. The second kappa shape index (κ2) is 10.9. The van der Waals surface area contributed by atoms with Gasteiger partial charge in [-0.25, -0.2) is 12.8 Å². The van der Waals surface area contributed by atoms with Crippen LogP contribution < -0.4 is 10.0 Å². The van der Waals surface area contributed by atoms with Crippen LogP contribution in [0.5, 0.6) is 0 Å². The van der Waals surface area contributed by atoms with Crippen molar-refractivity contribution >= 4 is 15.9 Å². The molecule has 0 saturated carbocycles. The Balaban J connectivity index is 2.13. The maximum absolute atomic E-state index is 14.0. The van der Waals surface area contributed by atoms with E-state index in [0.717, 1.165) is 37.3 Å². The molecule has 0 saturated heterocycles. The third kappa shape index (κ3) is 6.73. The molecule has 0 aliphatic heterocycles. The summed E-state index contributed by atoms with van der Waals surface area (Å²) in [7, 11) is -4.18. The number of benzene rings is 2. The molecule has 1 amide bonds. The van der Waals surface area contributed by atoms with Gasteiger partial charge in [-0.3, -0.25) is 4.79 Å². The van der Waals surface area contributed by atoms with Crippen LogP contribution in [-0.2, 0) is 21.2 Å². The number of nitrogens with one attached hydrogen (secondary N) is 2. The normalized spacial score (nSPS) is 12.5. The van der Waals surface area contributed by atoms with Crippen molar-refractivity contribution in [3.63, 3.8) is 0 Å². The van der Waals surface area contributed by atoms with Crippen molar-refractivity contribution in [3.05, 3.63) is 66.0 Å². The van der Waals surface area contributed by atoms with Gasteiger partial charge in [0.25, 0.3) is 0 Å². The second-order valence-electron chi connectivity index (χ2n) is 6.65. The van der Waals surface area contributed by atoms with Crippen LogP contribution in [-0.4, -0.2) is 26.9 Å². The predicted molar refractivity (Wildman–Crippen MR) is 108 cm³/mol. The molecular formula is C21H27FN2O3S. The highest BCUT2D eigenvalue weighted by Crippen LogP contribution is 2.15. The molecule has 2 N–H and O–H groups in total. The molecule has 5 nitrogen and oxygen atoms in total. The molecule has 7 heteroatoms. The van der Waals surface area contributed by atoms with Gasteiger partial charge in [0.05, 0.1) is 0 Å². The van der Waals surface area contributed by atoms with E-state index in [1.54, 1.807) is 0 Å². The van der Waals surface area contributed by atoms with E-state index in [1.165, 1.54) is 18.2 Å². The standard InChI is InChI=1S/C21H27FN2O3S/c1-2-3-4-10-15-23-21(25)19(16-17-11-6-5-7-12-17)24-28(26,27)20-14-9-8-13-18(20)22/h5-9,11-14,19,24H,2-4,10,15-16H2,1H3,(H,23,25)/t19-/m0/s1. The lowest BCUT2D eigenvalue weighted by atomic mass is 10.1. The summed E-state index contributed by atoms with van der Waals surface area (Å²) < 4.78 is 41.6. The van der Waals surface area contributed by atoms with Gasteiger partial charge in [0.1, 0.15) is 16.8 Å². The molecule has 152 valence electrons. The van der Waals surface area contributed by atoms with Crippen LogP contribution in [0.25, 0.3) is 0 Å². The minimum Gasteiger partial charge on any atom is -0.355 e. The number of amides is 1. The van der Waals surface area contributed by atoms with Crippen molar-refractivity contribution in [1.29, 1.82) is 0 Å². The fourth-order valence-electron chi connectivity index (χ4n) is 2.84. The van der Waals surface area contributed by atoms with Crippen molar-refractivity contribution in [3.8, 4) is 0 Å². The maximum atomic E-state index is 14.0. The summed E-state index contributed by atoms with van der Waals surface area (Å²) in [5.74, 6) is -1.27. The monoisotopic (exact) mass is 406 g/mol. The Morgan fingerprint density at radius 3 is 2.36 bits per heavy atom. The topological polar surface area (TPSA) is 75.3 Å². The zero-order chi connectivity index (χ0) is 20.4. The van der Waals surface area contributed by atoms with Crippen molar-refractivity contribution in [2.45, 2.75) is 50.0 Å². The fourth-order valence-corrected chi connectivity index (χ4v) is 4.11. The van der Waals surface area contributed by atoms with Crippen LogP contribution in [0.15, 0.2) is 59.5 Å². The van der Waals surface area contributed by atoms with Crippen LogP contribution >= 0.6 is 0 Å². The lowest BCUT2D eigenvalue weighted by Crippen LogP contribution is -2.48. The van der Waals surface area contributed by atoms with Crippen LogP contribution in [0.4, 0.5) is 4.39 Å². The third-order valence-electron chi connectivity index (χ3n) is 4.35. The zero-order valence-electron chi connectivity index (χ0n) is 16.0. The number of carbonyl (C=O) groups excluding carboxylic acids is 1. The van der Waals surface area contributed by atoms with Gasteiger partial charge < -0.3 is 5.32 Å². The fraction of sp³-hybridized carbons (Fsp3) is 0.381. The lowest BCUT2D eigenvalue weighted by Gasteiger charge is -2.19. The van der Waals surface area contributed by atoms with Crippen LogP contribution in [0.3, 0.4) is 0 Å². The SMILES string of the molecule is CCCCCCNC(=O)[C@H](Cc1ccccc1)NS(=O)(=O)c1ccccc1F. The van der Waals surface area contributed by atoms with Crippen LogP contribution in [0.2, 0.25) is 0 Å². The molecule has 2 aromatic carbocycles. The van der Waals surface area contributed by atoms with E-state index >= 15 is 0 Å². The molecule has 0 unspecified atom stereocenters. The summed E-state index contributed by atoms with van der Waals surface area (Å²) >= 11 is 0. The summed E-state index contributed by atoms with van der Waals surface area (Å²) in [4.78, 5) is 12.2. The molecular weight excluding hydrogens is 379 g/mol. The first-order valence-corrected chi connectivity index (χ1v) is 11.0. The first-order valence-electron chi connectivity index (χ1n) is 9.52. The van der Waals surface area contributed by atoms with E-state index in [4.69, 9.17) is 0 Å². The van der Waals surface area contributed by atoms with Crippen LogP contribution in [0, 0.1) is 5.82 Å². The Kier molecular flexibility index (Phi) is 8.60. The molecule has 2 aromatic rings. The first kappa shape index (κ1) is 22.0. The zero-order valence-corrected chi connectivity index (χ0v) is 16.8. The minimum atomic E-state index is -4.18. The number of carbonyl (C=O) groups is 1. The number of rotatable bonds is 11. The highest BCUT2D eigenvalue weighted by Gasteiger charge is 2.27. The van der Waals surface area contributed by atoms with Gasteiger partial charge >= 0.3 is 0 Å². The van der Waals surface area contributed by atoms with E-state index in [-0.39, 0.29) is 6.42 Å². The van der Waals surface area contributed by atoms with Gasteiger partial charge in [0, 0.05) is 6.54 Å². The molecule has 0 aliphatic rings. The van der Waals surface area contributed by atoms with Crippen molar-refractivity contribution < 1.29 is 17.6 Å². The summed E-state index contributed by atoms with van der Waals surface area (Å²) in [5, 5.41) is 2.79. The van der Waals surface area contributed by atoms with Gasteiger partial charge in [-0.15, -0.1) is 0 Å². The number of sulfonamides is 1. The Bertz CT molecular complexity index is 857. The summed E-state index contributed by atoms with van der Waals surface area (Å²) in [6.45, 7) is 2.58. The van der Waals surface area contributed by atoms with Gasteiger partial charge in [-0.2, -0.15) is 4.72 Å². The molecule has 0 heterocycles. The van der Waals surface area contributed by atoms with Crippen molar-refractivity contribution in [1.82, 2.24) is 10.0 Å². The highest BCUT2D eigenvalue weighted by molar-refractivity contribution is 7.89. The lowest BCUT2D eigenvalue weighted by molar-refractivity contribution is -0.122. The average molecular weight is 407 g/mol. The number of unbranched alkanes of at least 4 members (excludes halogenated alkanes) is 3. The number of halogens is 1. The van der Waals surface area contributed by atoms with Gasteiger partial charge in [0.2, 0.25) is 15.9 Å². The second-order valence-corrected chi connectivity index (χ2v) is 8.33. The van der Waals surface area contributed by atoms with E-state index in [0.29, 0.717) is 6.54 Å². The number of hydrogen-bond acceptors (Lipinski definition) is 3. The molecule has 1 atom stereocenters. The Hall–Kier alpha value is -2.25. The quantitative estimate of drug-likeness (QED) is 0.562. The molecule has 0 aromatic heterocycles. The molecule has 0 bridgehead atoms. The maximum Gasteiger partial charge on any atom is 0.244 e. The summed E-state index contributed by atoms with van der Waals surface area (Å²) in [6.07, 6.45) is 4.18. The van der Waals surface area contributed by atoms with Crippen LogP contribution in [0.1, 0.15) is 38.2 Å². The predicted octanol–water partition coefficient (Wildman–Crippen LogP) is 3.41. The molecule has 0 fully saturated rings. The minimum absolute atomic E-state index is 0.176. The Morgan fingerprint density at radius 2 is 1.68 bits per heavy atom. The first-order chi connectivity index (χ1) is 13.4. The summed E-state index contributed by atoms with van der Waals surface area (Å²) in [6, 6.07) is 13.2. The molecule has 2 rings (SSSR count). The van der Waals surface area contributed by atoms with Gasteiger partial charge in [-0.1, -0.05) is 68.7 Å². The highest BCUT2D eigenvalue weighted by atomic mass is 32.2. The van der Waals surface area contributed by atoms with E-state index in [1.807, 2.05) is 30.3 Å². The molecule has 0 spiro atoms. The van der Waals surface area contributed by atoms with E-state index in [9.17, 15) is 17.6 Å². The van der Waals surface area contributed by atoms with Gasteiger partial charge in [0.15, 0.2) is 0 Å². The largest absolute Gasteiger partial charge is 0.355 e. The molecule has 28 heavy (non-hydrogen) atoms. The Morgan fingerprint density at radius 1 is 1.00 bits per heavy atom. The Labute approximate surface area is 166 Å². The third-order valence-corrected chi connectivity index (χ3v) is 5.86. The molecule has 0 radical (unpaired) electrons. The molecule has 0 aliphatic carbocycles. The summed E-state index contributed by atoms with van der Waals surface area (Å²) in [5.41, 5.74) is 0.810. The van der Waals surface area contributed by atoms with Gasteiger partial charge in [-0.05, 0) is 30.5 Å². The smallest absolute Gasteiger partial charge is 0.244 e. The van der Waals surface area contributed by atoms with E-state index < -0.39 is 32.7 Å². The van der Waals surface area contributed by atoms with Crippen molar-refractivity contribution in [2.75, 3.05) is 6.54 Å².